The fourth-order valence-electron chi connectivity index (χ4n) is 3.97. The van der Waals surface area contributed by atoms with Crippen molar-refractivity contribution in [3.8, 4) is 0 Å². The Morgan fingerprint density at radius 3 is 2.26 bits per heavy atom. The van der Waals surface area contributed by atoms with E-state index in [-0.39, 0.29) is 5.43 Å². The molecule has 1 atom stereocenters. The summed E-state index contributed by atoms with van der Waals surface area (Å²) in [7, 11) is 0. The van der Waals surface area contributed by atoms with Crippen LogP contribution in [0.4, 0.5) is 18.9 Å². The molecule has 3 aromatic rings. The average Bonchev–Trinajstić information content (AvgIpc) is 2.70. The Bertz CT molecular complexity index is 1200. The van der Waals surface area contributed by atoms with Crippen LogP contribution in [0.5, 0.6) is 0 Å². The van der Waals surface area contributed by atoms with E-state index in [1.807, 2.05) is 0 Å². The number of fused-ring (bicyclic) bond motifs is 1. The molecule has 3 rings (SSSR count). The lowest BCUT2D eigenvalue weighted by molar-refractivity contribution is -0.271. The zero-order chi connectivity index (χ0) is 23.0. The van der Waals surface area contributed by atoms with Gasteiger partial charge in [-0.1, -0.05) is 50.2 Å². The molecule has 162 valence electrons. The average molecular weight is 428 g/mol. The monoisotopic (exact) mass is 428 g/mol. The molecule has 0 spiro atoms. The summed E-state index contributed by atoms with van der Waals surface area (Å²) in [6.45, 7) is 11.1. The van der Waals surface area contributed by atoms with E-state index in [0.717, 1.165) is 0 Å². The summed E-state index contributed by atoms with van der Waals surface area (Å²) in [6, 6.07) is 12.8. The van der Waals surface area contributed by atoms with Gasteiger partial charge in [-0.3, -0.25) is 4.79 Å². The molecule has 31 heavy (non-hydrogen) atoms. The standard InChI is InChI=1S/C24H23F3N2O2/c1-16-13-29(20-8-6-5-7-19(20)21(16)30)15-23(31,24(25,26)27)14-22(2,3)17-9-11-18(28-4)12-10-17/h5-13,31H,14-15H2,1-3H3. The quantitative estimate of drug-likeness (QED) is 0.544. The molecular formula is C24H23F3N2O2. The zero-order valence-electron chi connectivity index (χ0n) is 17.5. The van der Waals surface area contributed by atoms with Crippen LogP contribution in [0.1, 0.15) is 31.4 Å². The van der Waals surface area contributed by atoms with Gasteiger partial charge < -0.3 is 9.67 Å². The number of pyridine rings is 1. The number of hydrogen-bond donors (Lipinski definition) is 1. The number of alkyl halides is 3. The van der Waals surface area contributed by atoms with Gasteiger partial charge in [0.15, 0.2) is 16.7 Å². The van der Waals surface area contributed by atoms with Crippen molar-refractivity contribution < 1.29 is 18.3 Å². The molecular weight excluding hydrogens is 405 g/mol. The zero-order valence-corrected chi connectivity index (χ0v) is 17.5. The van der Waals surface area contributed by atoms with Gasteiger partial charge in [0, 0.05) is 17.1 Å². The summed E-state index contributed by atoms with van der Waals surface area (Å²) in [6.07, 6.45) is -4.14. The molecule has 0 saturated heterocycles. The first-order chi connectivity index (χ1) is 14.4. The third-order valence-corrected chi connectivity index (χ3v) is 5.64. The molecule has 0 aliphatic carbocycles. The van der Waals surface area contributed by atoms with E-state index in [1.54, 1.807) is 69.3 Å². The number of benzene rings is 2. The van der Waals surface area contributed by atoms with E-state index in [2.05, 4.69) is 4.85 Å². The lowest BCUT2D eigenvalue weighted by Crippen LogP contribution is -2.52. The van der Waals surface area contributed by atoms with Crippen LogP contribution in [0.2, 0.25) is 0 Å². The number of para-hydroxylation sites is 1. The lowest BCUT2D eigenvalue weighted by atomic mass is 9.74. The second-order valence-corrected chi connectivity index (χ2v) is 8.53. The highest BCUT2D eigenvalue weighted by Crippen LogP contribution is 2.42. The second kappa shape index (κ2) is 7.86. The molecule has 7 heteroatoms. The number of hydrogen-bond acceptors (Lipinski definition) is 2. The Morgan fingerprint density at radius 1 is 1.06 bits per heavy atom. The minimum absolute atomic E-state index is 0.248. The van der Waals surface area contributed by atoms with Gasteiger partial charge in [0.1, 0.15) is 0 Å². The van der Waals surface area contributed by atoms with Crippen LogP contribution in [0.3, 0.4) is 0 Å². The second-order valence-electron chi connectivity index (χ2n) is 8.53. The first-order valence-electron chi connectivity index (χ1n) is 9.74. The highest BCUT2D eigenvalue weighted by atomic mass is 19.4. The lowest BCUT2D eigenvalue weighted by Gasteiger charge is -2.38. The van der Waals surface area contributed by atoms with Gasteiger partial charge in [-0.25, -0.2) is 4.85 Å². The Balaban J connectivity index is 2.06. The molecule has 1 N–H and O–H groups in total. The van der Waals surface area contributed by atoms with Crippen LogP contribution in [0, 0.1) is 13.5 Å². The predicted molar refractivity (Wildman–Crippen MR) is 114 cm³/mol. The van der Waals surface area contributed by atoms with Gasteiger partial charge >= 0.3 is 6.18 Å². The Labute approximate surface area is 178 Å². The van der Waals surface area contributed by atoms with E-state index in [0.29, 0.717) is 27.7 Å². The maximum absolute atomic E-state index is 14.2. The molecule has 1 heterocycles. The van der Waals surface area contributed by atoms with Crippen molar-refractivity contribution in [1.29, 1.82) is 0 Å². The first-order valence-corrected chi connectivity index (χ1v) is 9.74. The minimum Gasteiger partial charge on any atom is -0.379 e. The summed E-state index contributed by atoms with van der Waals surface area (Å²) in [5.41, 5.74) is -2.71. The van der Waals surface area contributed by atoms with Crippen LogP contribution in [0.25, 0.3) is 15.7 Å². The Hall–Kier alpha value is -3.11. The van der Waals surface area contributed by atoms with Crippen molar-refractivity contribution in [1.82, 2.24) is 4.57 Å². The summed E-state index contributed by atoms with van der Waals surface area (Å²) in [4.78, 5) is 15.7. The third kappa shape index (κ3) is 4.35. The smallest absolute Gasteiger partial charge is 0.379 e. The van der Waals surface area contributed by atoms with Crippen molar-refractivity contribution in [2.45, 2.75) is 50.9 Å². The fourth-order valence-corrected chi connectivity index (χ4v) is 3.97. The largest absolute Gasteiger partial charge is 0.418 e. The van der Waals surface area contributed by atoms with Crippen LogP contribution in [-0.2, 0) is 12.0 Å². The topological polar surface area (TPSA) is 46.6 Å². The number of rotatable bonds is 5. The summed E-state index contributed by atoms with van der Waals surface area (Å²) < 4.78 is 43.8. The molecule has 0 fully saturated rings. The Morgan fingerprint density at radius 2 is 1.68 bits per heavy atom. The molecule has 4 nitrogen and oxygen atoms in total. The molecule has 0 saturated carbocycles. The number of aliphatic hydroxyl groups is 1. The van der Waals surface area contributed by atoms with E-state index < -0.39 is 30.2 Å². The number of aromatic nitrogens is 1. The first kappa shape index (κ1) is 22.6. The van der Waals surface area contributed by atoms with Gasteiger partial charge in [-0.15, -0.1) is 0 Å². The minimum atomic E-state index is -4.90. The van der Waals surface area contributed by atoms with Crippen molar-refractivity contribution in [2.75, 3.05) is 0 Å². The summed E-state index contributed by atoms with van der Waals surface area (Å²) in [5.74, 6) is 0. The van der Waals surface area contributed by atoms with Crippen LogP contribution >= 0.6 is 0 Å². The highest BCUT2D eigenvalue weighted by Gasteiger charge is 2.56. The summed E-state index contributed by atoms with van der Waals surface area (Å²) in [5, 5.41) is 11.3. The van der Waals surface area contributed by atoms with Gasteiger partial charge in [-0.05, 0) is 36.5 Å². The highest BCUT2D eigenvalue weighted by molar-refractivity contribution is 5.79. The maximum atomic E-state index is 14.2. The van der Waals surface area contributed by atoms with E-state index in [1.165, 1.54) is 10.8 Å². The predicted octanol–water partition coefficient (Wildman–Crippen LogP) is 5.52. The number of nitrogens with zero attached hydrogens (tertiary/aromatic N) is 2. The van der Waals surface area contributed by atoms with Crippen LogP contribution < -0.4 is 5.43 Å². The van der Waals surface area contributed by atoms with E-state index in [4.69, 9.17) is 6.57 Å². The fraction of sp³-hybridized carbons (Fsp3) is 0.333. The molecule has 0 radical (unpaired) electrons. The third-order valence-electron chi connectivity index (χ3n) is 5.64. The molecule has 1 aromatic heterocycles. The number of aryl methyl sites for hydroxylation is 1. The maximum Gasteiger partial charge on any atom is 0.418 e. The molecule has 0 aliphatic heterocycles. The van der Waals surface area contributed by atoms with Gasteiger partial charge in [0.05, 0.1) is 18.6 Å². The van der Waals surface area contributed by atoms with Crippen molar-refractivity contribution in [3.63, 3.8) is 0 Å². The van der Waals surface area contributed by atoms with Crippen molar-refractivity contribution in [3.05, 3.63) is 87.5 Å². The molecule has 2 aromatic carbocycles. The van der Waals surface area contributed by atoms with Crippen molar-refractivity contribution >= 4 is 16.6 Å². The molecule has 0 bridgehead atoms. The Kier molecular flexibility index (Phi) is 5.72. The van der Waals surface area contributed by atoms with Crippen molar-refractivity contribution in [2.24, 2.45) is 0 Å². The van der Waals surface area contributed by atoms with Gasteiger partial charge in [-0.2, -0.15) is 13.2 Å². The SMILES string of the molecule is [C-]#[N+]c1ccc(C(C)(C)CC(O)(Cn2cc(C)c(=O)c3ccccc32)C(F)(F)F)cc1. The van der Waals surface area contributed by atoms with Crippen LogP contribution in [-0.4, -0.2) is 21.5 Å². The van der Waals surface area contributed by atoms with E-state index >= 15 is 0 Å². The number of halogens is 3. The van der Waals surface area contributed by atoms with E-state index in [9.17, 15) is 23.1 Å². The molecule has 1 unspecified atom stereocenters. The normalized spacial score (nSPS) is 14.3. The van der Waals surface area contributed by atoms with Gasteiger partial charge in [0.2, 0.25) is 0 Å². The molecule has 0 amide bonds. The molecule has 0 aliphatic rings. The van der Waals surface area contributed by atoms with Crippen LogP contribution in [0.15, 0.2) is 59.5 Å². The summed E-state index contributed by atoms with van der Waals surface area (Å²) >= 11 is 0. The van der Waals surface area contributed by atoms with Gasteiger partial charge in [0.25, 0.3) is 0 Å².